The first kappa shape index (κ1) is 21.7. The molecule has 0 saturated carbocycles. The van der Waals surface area contributed by atoms with Crippen LogP contribution < -0.4 is 0 Å². The molecule has 8 heteroatoms. The lowest BCUT2D eigenvalue weighted by Crippen LogP contribution is -2.57. The number of halogens is 1. The maximum absolute atomic E-state index is 12.1. The van der Waals surface area contributed by atoms with E-state index in [1.54, 1.807) is 6.92 Å². The lowest BCUT2D eigenvalue weighted by Gasteiger charge is -2.45. The summed E-state index contributed by atoms with van der Waals surface area (Å²) in [6.45, 7) is 8.19. The van der Waals surface area contributed by atoms with Crippen LogP contribution in [0.3, 0.4) is 0 Å². The smallest absolute Gasteiger partial charge is 0.354 e. The number of ether oxygens (including phenoxy) is 4. The standard InChI is InChI=1S/C17H27ClO7/c1-7-13(23-11(4)19)15(24-12(5)20)14-10(3)9(2)8-17(18,25-14)16(21)22-6/h9-10,13-15H,7-8H2,1-6H3. The van der Waals surface area contributed by atoms with Gasteiger partial charge in [0.25, 0.3) is 0 Å². The van der Waals surface area contributed by atoms with E-state index < -0.39 is 41.3 Å². The monoisotopic (exact) mass is 378 g/mol. The van der Waals surface area contributed by atoms with Gasteiger partial charge in [-0.15, -0.1) is 0 Å². The first-order valence-electron chi connectivity index (χ1n) is 8.35. The highest BCUT2D eigenvalue weighted by Crippen LogP contribution is 2.42. The molecule has 1 aliphatic rings. The van der Waals surface area contributed by atoms with Gasteiger partial charge in [-0.2, -0.15) is 0 Å². The Labute approximate surface area is 153 Å². The molecule has 0 spiro atoms. The van der Waals surface area contributed by atoms with Gasteiger partial charge in [-0.05, 0) is 18.3 Å². The zero-order valence-corrected chi connectivity index (χ0v) is 16.3. The van der Waals surface area contributed by atoms with Crippen molar-refractivity contribution in [1.29, 1.82) is 0 Å². The van der Waals surface area contributed by atoms with Gasteiger partial charge < -0.3 is 18.9 Å². The van der Waals surface area contributed by atoms with Crippen LogP contribution in [-0.4, -0.2) is 48.4 Å². The van der Waals surface area contributed by atoms with Crippen molar-refractivity contribution < 1.29 is 33.3 Å². The molecule has 1 rings (SSSR count). The SMILES string of the molecule is CCC(OC(C)=O)C(OC(C)=O)C1OC(Cl)(C(=O)OC)CC(C)C1C. The molecule has 7 nitrogen and oxygen atoms in total. The van der Waals surface area contributed by atoms with Gasteiger partial charge in [0.2, 0.25) is 5.06 Å². The number of hydrogen-bond donors (Lipinski definition) is 0. The highest BCUT2D eigenvalue weighted by Gasteiger charge is 2.53. The summed E-state index contributed by atoms with van der Waals surface area (Å²) in [6.07, 6.45) is -1.65. The van der Waals surface area contributed by atoms with Gasteiger partial charge in [-0.1, -0.05) is 32.4 Å². The summed E-state index contributed by atoms with van der Waals surface area (Å²) in [5.41, 5.74) is 0. The molecular weight excluding hydrogens is 352 g/mol. The summed E-state index contributed by atoms with van der Waals surface area (Å²) >= 11 is 6.37. The minimum atomic E-state index is -1.67. The largest absolute Gasteiger partial charge is 0.466 e. The molecule has 0 aromatic rings. The van der Waals surface area contributed by atoms with Crippen molar-refractivity contribution in [3.63, 3.8) is 0 Å². The Kier molecular flexibility index (Phi) is 7.68. The van der Waals surface area contributed by atoms with Crippen LogP contribution in [-0.2, 0) is 33.3 Å². The minimum absolute atomic E-state index is 0.0109. The minimum Gasteiger partial charge on any atom is -0.466 e. The number of alkyl halides is 1. The summed E-state index contributed by atoms with van der Waals surface area (Å²) in [5.74, 6) is -1.85. The Bertz CT molecular complexity index is 509. The molecule has 6 unspecified atom stereocenters. The van der Waals surface area contributed by atoms with Crippen LogP contribution >= 0.6 is 11.6 Å². The molecule has 1 fully saturated rings. The van der Waals surface area contributed by atoms with Gasteiger partial charge in [0.05, 0.1) is 7.11 Å². The lowest BCUT2D eigenvalue weighted by atomic mass is 9.80. The van der Waals surface area contributed by atoms with E-state index in [0.29, 0.717) is 6.42 Å². The number of hydrogen-bond acceptors (Lipinski definition) is 7. The van der Waals surface area contributed by atoms with E-state index in [1.165, 1.54) is 21.0 Å². The summed E-state index contributed by atoms with van der Waals surface area (Å²) in [5, 5.41) is -1.67. The van der Waals surface area contributed by atoms with Crippen LogP contribution in [0.1, 0.15) is 47.5 Å². The van der Waals surface area contributed by atoms with Gasteiger partial charge in [0.15, 0.2) is 6.10 Å². The Hall–Kier alpha value is -1.34. The molecule has 1 aliphatic heterocycles. The molecule has 0 aromatic carbocycles. The molecule has 0 amide bonds. The van der Waals surface area contributed by atoms with Crippen molar-refractivity contribution in [3.8, 4) is 0 Å². The molecule has 0 N–H and O–H groups in total. The number of methoxy groups -OCH3 is 1. The van der Waals surface area contributed by atoms with E-state index in [4.69, 9.17) is 30.5 Å². The molecule has 0 bridgehead atoms. The zero-order valence-electron chi connectivity index (χ0n) is 15.5. The second-order valence-corrected chi connectivity index (χ2v) is 7.08. The summed E-state index contributed by atoms with van der Waals surface area (Å²) in [7, 11) is 1.23. The average molecular weight is 379 g/mol. The second-order valence-electron chi connectivity index (χ2n) is 6.47. The van der Waals surface area contributed by atoms with E-state index in [9.17, 15) is 14.4 Å². The number of esters is 3. The van der Waals surface area contributed by atoms with Crippen LogP contribution in [0.25, 0.3) is 0 Å². The number of rotatable bonds is 6. The molecule has 0 radical (unpaired) electrons. The van der Waals surface area contributed by atoms with E-state index in [1.807, 2.05) is 13.8 Å². The highest BCUT2D eigenvalue weighted by atomic mass is 35.5. The van der Waals surface area contributed by atoms with Crippen molar-refractivity contribution in [3.05, 3.63) is 0 Å². The normalized spacial score (nSPS) is 31.6. The fraction of sp³-hybridized carbons (Fsp3) is 0.824. The molecular formula is C17H27ClO7. The van der Waals surface area contributed by atoms with Crippen molar-refractivity contribution in [1.82, 2.24) is 0 Å². The molecule has 1 saturated heterocycles. The fourth-order valence-electron chi connectivity index (χ4n) is 3.09. The first-order chi connectivity index (χ1) is 11.6. The first-order valence-corrected chi connectivity index (χ1v) is 8.73. The number of carbonyl (C=O) groups excluding carboxylic acids is 3. The van der Waals surface area contributed by atoms with Gasteiger partial charge in [-0.3, -0.25) is 9.59 Å². The van der Waals surface area contributed by atoms with E-state index >= 15 is 0 Å². The topological polar surface area (TPSA) is 88.1 Å². The lowest BCUT2D eigenvalue weighted by molar-refractivity contribution is -0.217. The summed E-state index contributed by atoms with van der Waals surface area (Å²) in [6, 6.07) is 0. The average Bonchev–Trinajstić information content (AvgIpc) is 2.53. The Balaban J connectivity index is 3.21. The van der Waals surface area contributed by atoms with Crippen molar-refractivity contribution in [2.45, 2.75) is 70.8 Å². The van der Waals surface area contributed by atoms with Crippen molar-refractivity contribution >= 4 is 29.5 Å². The van der Waals surface area contributed by atoms with Gasteiger partial charge >= 0.3 is 17.9 Å². The van der Waals surface area contributed by atoms with E-state index in [0.717, 1.165) is 0 Å². The Morgan fingerprint density at radius 3 is 2.20 bits per heavy atom. The Morgan fingerprint density at radius 2 is 1.76 bits per heavy atom. The molecule has 25 heavy (non-hydrogen) atoms. The van der Waals surface area contributed by atoms with Crippen molar-refractivity contribution in [2.24, 2.45) is 11.8 Å². The predicted octanol–water partition coefficient (Wildman–Crippen LogP) is 2.43. The van der Waals surface area contributed by atoms with Crippen LogP contribution in [0.4, 0.5) is 0 Å². The molecule has 144 valence electrons. The second kappa shape index (κ2) is 8.85. The van der Waals surface area contributed by atoms with E-state index in [2.05, 4.69) is 0 Å². The number of carbonyl (C=O) groups is 3. The van der Waals surface area contributed by atoms with Crippen molar-refractivity contribution in [2.75, 3.05) is 7.11 Å². The predicted molar refractivity (Wildman–Crippen MR) is 89.8 cm³/mol. The van der Waals surface area contributed by atoms with Crippen LogP contribution in [0, 0.1) is 11.8 Å². The van der Waals surface area contributed by atoms with E-state index in [-0.39, 0.29) is 18.3 Å². The maximum Gasteiger partial charge on any atom is 0.354 e. The maximum atomic E-state index is 12.1. The third-order valence-corrected chi connectivity index (χ3v) is 4.92. The van der Waals surface area contributed by atoms with Crippen LogP contribution in [0.5, 0.6) is 0 Å². The van der Waals surface area contributed by atoms with Crippen LogP contribution in [0.15, 0.2) is 0 Å². The van der Waals surface area contributed by atoms with Gasteiger partial charge in [-0.25, -0.2) is 4.79 Å². The quantitative estimate of drug-likeness (QED) is 0.398. The third-order valence-electron chi connectivity index (χ3n) is 4.53. The zero-order chi connectivity index (χ0) is 19.4. The summed E-state index contributed by atoms with van der Waals surface area (Å²) in [4.78, 5) is 35.1. The summed E-state index contributed by atoms with van der Waals surface area (Å²) < 4.78 is 21.3. The highest BCUT2D eigenvalue weighted by molar-refractivity contribution is 6.32. The van der Waals surface area contributed by atoms with Crippen LogP contribution in [0.2, 0.25) is 0 Å². The molecule has 1 heterocycles. The fourth-order valence-corrected chi connectivity index (χ4v) is 3.51. The molecule has 6 atom stereocenters. The molecule has 0 aliphatic carbocycles. The third kappa shape index (κ3) is 5.31. The Morgan fingerprint density at radius 1 is 1.20 bits per heavy atom. The van der Waals surface area contributed by atoms with Gasteiger partial charge in [0.1, 0.15) is 12.2 Å². The molecule has 0 aromatic heterocycles. The van der Waals surface area contributed by atoms with Gasteiger partial charge in [0, 0.05) is 20.3 Å².